The van der Waals surface area contributed by atoms with Gasteiger partial charge >= 0.3 is 6.01 Å². The van der Waals surface area contributed by atoms with Gasteiger partial charge in [-0.2, -0.15) is 0 Å². The predicted octanol–water partition coefficient (Wildman–Crippen LogP) is 2.62. The van der Waals surface area contributed by atoms with Gasteiger partial charge in [0.1, 0.15) is 6.10 Å². The minimum Gasteiger partial charge on any atom is -0.460 e. The van der Waals surface area contributed by atoms with Crippen LogP contribution in [0.3, 0.4) is 0 Å². The quantitative estimate of drug-likeness (QED) is 0.892. The largest absolute Gasteiger partial charge is 0.460 e. The van der Waals surface area contributed by atoms with E-state index in [0.717, 1.165) is 30.0 Å². The molecule has 100 valence electrons. The van der Waals surface area contributed by atoms with Crippen LogP contribution in [0.15, 0.2) is 6.20 Å². The molecular weight excluding hydrogens is 228 g/mol. The third-order valence-corrected chi connectivity index (χ3v) is 3.81. The van der Waals surface area contributed by atoms with Crippen LogP contribution in [-0.4, -0.2) is 21.2 Å². The van der Waals surface area contributed by atoms with E-state index < -0.39 is 0 Å². The van der Waals surface area contributed by atoms with Gasteiger partial charge in [0.2, 0.25) is 0 Å². The summed E-state index contributed by atoms with van der Waals surface area (Å²) in [6.45, 7) is 4.09. The lowest BCUT2D eigenvalue weighted by Crippen LogP contribution is -2.26. The highest BCUT2D eigenvalue weighted by Crippen LogP contribution is 2.28. The van der Waals surface area contributed by atoms with Gasteiger partial charge in [0.05, 0.1) is 12.3 Å². The van der Waals surface area contributed by atoms with Crippen molar-refractivity contribution in [2.45, 2.75) is 58.7 Å². The number of hydrogen-bond donors (Lipinski definition) is 1. The Kier molecular flexibility index (Phi) is 4.53. The van der Waals surface area contributed by atoms with E-state index in [1.54, 1.807) is 6.20 Å². The number of ether oxygens (including phenoxy) is 1. The van der Waals surface area contributed by atoms with Crippen molar-refractivity contribution in [2.75, 3.05) is 0 Å². The van der Waals surface area contributed by atoms with Gasteiger partial charge < -0.3 is 9.84 Å². The van der Waals surface area contributed by atoms with Gasteiger partial charge in [-0.15, -0.1) is 0 Å². The number of aliphatic hydroxyl groups is 1. The van der Waals surface area contributed by atoms with Crippen LogP contribution in [0.1, 0.15) is 50.3 Å². The SMILES string of the molecule is CCC1CCCC(Oc2ncc(CO)c(C)n2)C1. The predicted molar refractivity (Wildman–Crippen MR) is 69.4 cm³/mol. The zero-order valence-corrected chi connectivity index (χ0v) is 11.2. The van der Waals surface area contributed by atoms with E-state index in [0.29, 0.717) is 6.01 Å². The van der Waals surface area contributed by atoms with Gasteiger partial charge in [0, 0.05) is 11.8 Å². The molecule has 0 radical (unpaired) electrons. The molecule has 2 rings (SSSR count). The van der Waals surface area contributed by atoms with Crippen LogP contribution in [0.25, 0.3) is 0 Å². The maximum atomic E-state index is 9.08. The Balaban J connectivity index is 1.98. The molecule has 0 amide bonds. The molecule has 1 aliphatic carbocycles. The van der Waals surface area contributed by atoms with Gasteiger partial charge in [0.25, 0.3) is 0 Å². The number of rotatable bonds is 4. The fourth-order valence-electron chi connectivity index (χ4n) is 2.55. The first-order valence-corrected chi connectivity index (χ1v) is 6.83. The van der Waals surface area contributed by atoms with Crippen LogP contribution >= 0.6 is 0 Å². The van der Waals surface area contributed by atoms with Gasteiger partial charge in [-0.05, 0) is 32.1 Å². The molecule has 0 aromatic carbocycles. The molecule has 1 N–H and O–H groups in total. The Morgan fingerprint density at radius 2 is 2.28 bits per heavy atom. The summed E-state index contributed by atoms with van der Waals surface area (Å²) in [7, 11) is 0. The van der Waals surface area contributed by atoms with E-state index in [2.05, 4.69) is 16.9 Å². The van der Waals surface area contributed by atoms with Gasteiger partial charge in [0.15, 0.2) is 0 Å². The molecule has 2 unspecified atom stereocenters. The molecular formula is C14H22N2O2. The van der Waals surface area contributed by atoms with Gasteiger partial charge in [-0.3, -0.25) is 0 Å². The molecule has 1 fully saturated rings. The molecule has 4 heteroatoms. The fraction of sp³-hybridized carbons (Fsp3) is 0.714. The number of nitrogens with zero attached hydrogens (tertiary/aromatic N) is 2. The lowest BCUT2D eigenvalue weighted by molar-refractivity contribution is 0.111. The number of aromatic nitrogens is 2. The highest BCUT2D eigenvalue weighted by Gasteiger charge is 2.22. The van der Waals surface area contributed by atoms with E-state index in [9.17, 15) is 0 Å². The van der Waals surface area contributed by atoms with Gasteiger partial charge in [-0.25, -0.2) is 9.97 Å². The molecule has 0 spiro atoms. The lowest BCUT2D eigenvalue weighted by Gasteiger charge is -2.28. The van der Waals surface area contributed by atoms with Gasteiger partial charge in [-0.1, -0.05) is 19.8 Å². The number of hydrogen-bond acceptors (Lipinski definition) is 4. The van der Waals surface area contributed by atoms with Crippen molar-refractivity contribution in [1.82, 2.24) is 9.97 Å². The molecule has 1 saturated carbocycles. The summed E-state index contributed by atoms with van der Waals surface area (Å²) in [6, 6.07) is 0.450. The molecule has 4 nitrogen and oxygen atoms in total. The van der Waals surface area contributed by atoms with Crippen LogP contribution in [-0.2, 0) is 6.61 Å². The summed E-state index contributed by atoms with van der Waals surface area (Å²) in [5.74, 6) is 0.779. The highest BCUT2D eigenvalue weighted by molar-refractivity contribution is 5.16. The Morgan fingerprint density at radius 3 is 2.94 bits per heavy atom. The van der Waals surface area contributed by atoms with E-state index in [-0.39, 0.29) is 12.7 Å². The minimum absolute atomic E-state index is 0.0204. The Hall–Kier alpha value is -1.16. The smallest absolute Gasteiger partial charge is 0.316 e. The Labute approximate surface area is 108 Å². The van der Waals surface area contributed by atoms with E-state index in [4.69, 9.17) is 9.84 Å². The molecule has 1 aliphatic rings. The summed E-state index contributed by atoms with van der Waals surface area (Å²) >= 11 is 0. The normalized spacial score (nSPS) is 23.9. The molecule has 0 bridgehead atoms. The second kappa shape index (κ2) is 6.14. The summed E-state index contributed by atoms with van der Waals surface area (Å²) in [4.78, 5) is 8.46. The molecule has 2 atom stereocenters. The van der Waals surface area contributed by atoms with E-state index >= 15 is 0 Å². The zero-order valence-electron chi connectivity index (χ0n) is 11.2. The molecule has 0 saturated heterocycles. The average Bonchev–Trinajstić information content (AvgIpc) is 2.39. The van der Waals surface area contributed by atoms with Crippen LogP contribution in [0.5, 0.6) is 6.01 Å². The Morgan fingerprint density at radius 1 is 1.44 bits per heavy atom. The van der Waals surface area contributed by atoms with Crippen molar-refractivity contribution in [2.24, 2.45) is 5.92 Å². The summed E-state index contributed by atoms with van der Waals surface area (Å²) in [5.41, 5.74) is 1.56. The molecule has 1 aromatic rings. The zero-order chi connectivity index (χ0) is 13.0. The second-order valence-electron chi connectivity index (χ2n) is 5.10. The number of aryl methyl sites for hydroxylation is 1. The number of aliphatic hydroxyl groups excluding tert-OH is 1. The molecule has 1 aromatic heterocycles. The first kappa shape index (κ1) is 13.3. The summed E-state index contributed by atoms with van der Waals surface area (Å²) in [5, 5.41) is 9.08. The first-order valence-electron chi connectivity index (χ1n) is 6.83. The maximum Gasteiger partial charge on any atom is 0.316 e. The average molecular weight is 250 g/mol. The standard InChI is InChI=1S/C14H22N2O2/c1-3-11-5-4-6-13(7-11)18-14-15-8-12(9-17)10(2)16-14/h8,11,13,17H,3-7,9H2,1-2H3. The van der Waals surface area contributed by atoms with Crippen LogP contribution in [0.2, 0.25) is 0 Å². The Bertz CT molecular complexity index is 395. The lowest BCUT2D eigenvalue weighted by atomic mass is 9.85. The topological polar surface area (TPSA) is 55.2 Å². The van der Waals surface area contributed by atoms with Crippen LogP contribution < -0.4 is 4.74 Å². The van der Waals surface area contributed by atoms with Crippen molar-refractivity contribution < 1.29 is 9.84 Å². The summed E-state index contributed by atoms with van der Waals surface area (Å²) < 4.78 is 5.86. The second-order valence-corrected chi connectivity index (χ2v) is 5.10. The van der Waals surface area contributed by atoms with E-state index in [1.165, 1.54) is 19.3 Å². The molecule has 0 aliphatic heterocycles. The van der Waals surface area contributed by atoms with Crippen LogP contribution in [0, 0.1) is 12.8 Å². The molecule has 18 heavy (non-hydrogen) atoms. The monoisotopic (exact) mass is 250 g/mol. The third kappa shape index (κ3) is 3.19. The maximum absolute atomic E-state index is 9.08. The van der Waals surface area contributed by atoms with Crippen molar-refractivity contribution in [3.63, 3.8) is 0 Å². The van der Waals surface area contributed by atoms with Crippen LogP contribution in [0.4, 0.5) is 0 Å². The fourth-order valence-corrected chi connectivity index (χ4v) is 2.55. The van der Waals surface area contributed by atoms with Crippen molar-refractivity contribution in [3.8, 4) is 6.01 Å². The van der Waals surface area contributed by atoms with Crippen molar-refractivity contribution >= 4 is 0 Å². The van der Waals surface area contributed by atoms with Crippen molar-refractivity contribution in [1.29, 1.82) is 0 Å². The third-order valence-electron chi connectivity index (χ3n) is 3.81. The highest BCUT2D eigenvalue weighted by atomic mass is 16.5. The van der Waals surface area contributed by atoms with E-state index in [1.807, 2.05) is 6.92 Å². The van der Waals surface area contributed by atoms with Crippen molar-refractivity contribution in [3.05, 3.63) is 17.5 Å². The molecule has 1 heterocycles. The first-order chi connectivity index (χ1) is 8.72. The minimum atomic E-state index is -0.0204. The summed E-state index contributed by atoms with van der Waals surface area (Å²) in [6.07, 6.45) is 7.89.